The molecule has 0 aliphatic heterocycles. The van der Waals surface area contributed by atoms with Gasteiger partial charge in [-0.2, -0.15) is 0 Å². The number of thioether (sulfide) groups is 1. The lowest BCUT2D eigenvalue weighted by atomic mass is 10.3. The van der Waals surface area contributed by atoms with Gasteiger partial charge in [-0.25, -0.2) is 4.98 Å². The third-order valence-electron chi connectivity index (χ3n) is 2.79. The fraction of sp³-hybridized carbons (Fsp3) is 0.214. The number of halogens is 1. The van der Waals surface area contributed by atoms with Crippen molar-refractivity contribution in [1.29, 1.82) is 0 Å². The normalized spacial score (nSPS) is 10.8. The Labute approximate surface area is 141 Å². The number of hydrogen-bond acceptors (Lipinski definition) is 6. The first-order chi connectivity index (χ1) is 10.7. The van der Waals surface area contributed by atoms with Crippen LogP contribution in [0.15, 0.2) is 41.1 Å². The molecular formula is C14H13ClN4OS2. The van der Waals surface area contributed by atoms with E-state index in [9.17, 15) is 0 Å². The van der Waals surface area contributed by atoms with Crippen molar-refractivity contribution in [3.63, 3.8) is 0 Å². The predicted molar refractivity (Wildman–Crippen MR) is 88.5 cm³/mol. The van der Waals surface area contributed by atoms with E-state index in [1.807, 2.05) is 41.3 Å². The second kappa shape index (κ2) is 7.13. The molecule has 3 rings (SSSR count). The number of ether oxygens (including phenoxy) is 1. The monoisotopic (exact) mass is 352 g/mol. The van der Waals surface area contributed by atoms with E-state index >= 15 is 0 Å². The lowest BCUT2D eigenvalue weighted by Gasteiger charge is -2.03. The molecule has 0 aliphatic rings. The summed E-state index contributed by atoms with van der Waals surface area (Å²) in [5.74, 6) is 1.55. The van der Waals surface area contributed by atoms with Crippen LogP contribution in [0.2, 0.25) is 5.02 Å². The van der Waals surface area contributed by atoms with Gasteiger partial charge in [0.2, 0.25) is 0 Å². The van der Waals surface area contributed by atoms with Crippen molar-refractivity contribution in [2.75, 3.05) is 0 Å². The molecule has 114 valence electrons. The molecule has 0 spiro atoms. The first-order valence-corrected chi connectivity index (χ1v) is 8.73. The molecule has 2 aromatic heterocycles. The van der Waals surface area contributed by atoms with Gasteiger partial charge in [0.15, 0.2) is 5.16 Å². The first kappa shape index (κ1) is 15.3. The molecule has 3 aromatic rings. The van der Waals surface area contributed by atoms with Crippen LogP contribution in [0, 0.1) is 0 Å². The molecule has 0 N–H and O–H groups in total. The Balaban J connectivity index is 1.52. The molecule has 0 saturated carbocycles. The SMILES string of the molecule is Cn1cnnc1SCc1csc(COc2ccc(Cl)cc2)n1. The van der Waals surface area contributed by atoms with Gasteiger partial charge in [-0.15, -0.1) is 21.5 Å². The van der Waals surface area contributed by atoms with Gasteiger partial charge in [0.1, 0.15) is 23.7 Å². The van der Waals surface area contributed by atoms with Crippen LogP contribution in [0.3, 0.4) is 0 Å². The molecule has 0 amide bonds. The summed E-state index contributed by atoms with van der Waals surface area (Å²) in [6, 6.07) is 7.31. The lowest BCUT2D eigenvalue weighted by Crippen LogP contribution is -1.95. The van der Waals surface area contributed by atoms with Crippen LogP contribution < -0.4 is 4.74 Å². The fourth-order valence-corrected chi connectivity index (χ4v) is 3.42. The van der Waals surface area contributed by atoms with Gasteiger partial charge < -0.3 is 9.30 Å². The third-order valence-corrected chi connectivity index (χ3v) is 4.99. The molecule has 8 heteroatoms. The Hall–Kier alpha value is -1.57. The van der Waals surface area contributed by atoms with Gasteiger partial charge in [-0.3, -0.25) is 0 Å². The quantitative estimate of drug-likeness (QED) is 0.631. The summed E-state index contributed by atoms with van der Waals surface area (Å²) >= 11 is 9.05. The zero-order valence-corrected chi connectivity index (χ0v) is 14.2. The summed E-state index contributed by atoms with van der Waals surface area (Å²) < 4.78 is 7.58. The highest BCUT2D eigenvalue weighted by Gasteiger charge is 2.06. The van der Waals surface area contributed by atoms with Crippen LogP contribution in [-0.2, 0) is 19.4 Å². The summed E-state index contributed by atoms with van der Waals surface area (Å²) in [5, 5.41) is 12.5. The fourth-order valence-electron chi connectivity index (χ4n) is 1.70. The maximum atomic E-state index is 5.84. The van der Waals surface area contributed by atoms with Crippen molar-refractivity contribution >= 4 is 34.7 Å². The number of benzene rings is 1. The van der Waals surface area contributed by atoms with Crippen LogP contribution in [0.5, 0.6) is 5.75 Å². The standard InChI is InChI=1S/C14H13ClN4OS2/c1-19-9-16-18-14(19)22-8-11-7-21-13(17-11)6-20-12-4-2-10(15)3-5-12/h2-5,7,9H,6,8H2,1H3. The number of hydrogen-bond donors (Lipinski definition) is 0. The predicted octanol–water partition coefficient (Wildman–Crippen LogP) is 3.80. The van der Waals surface area contributed by atoms with E-state index in [0.29, 0.717) is 11.6 Å². The van der Waals surface area contributed by atoms with Crippen molar-refractivity contribution in [2.24, 2.45) is 7.05 Å². The number of rotatable bonds is 6. The van der Waals surface area contributed by atoms with Crippen LogP contribution in [0.4, 0.5) is 0 Å². The highest BCUT2D eigenvalue weighted by atomic mass is 35.5. The Morgan fingerprint density at radius 3 is 2.86 bits per heavy atom. The van der Waals surface area contributed by atoms with Gasteiger partial charge in [0, 0.05) is 23.2 Å². The Kier molecular flexibility index (Phi) is 4.97. The molecule has 0 aliphatic carbocycles. The van der Waals surface area contributed by atoms with Crippen molar-refractivity contribution in [1.82, 2.24) is 19.7 Å². The van der Waals surface area contributed by atoms with Crippen LogP contribution in [0.1, 0.15) is 10.7 Å². The largest absolute Gasteiger partial charge is 0.486 e. The first-order valence-electron chi connectivity index (χ1n) is 6.49. The Bertz CT molecular complexity index is 741. The van der Waals surface area contributed by atoms with Gasteiger partial charge in [0.25, 0.3) is 0 Å². The maximum Gasteiger partial charge on any atom is 0.191 e. The van der Waals surface area contributed by atoms with Gasteiger partial charge in [-0.05, 0) is 24.3 Å². The second-order valence-electron chi connectivity index (χ2n) is 4.49. The average Bonchev–Trinajstić information content (AvgIpc) is 3.13. The van der Waals surface area contributed by atoms with Crippen molar-refractivity contribution < 1.29 is 4.74 Å². The average molecular weight is 353 g/mol. The van der Waals surface area contributed by atoms with E-state index in [2.05, 4.69) is 15.2 Å². The molecule has 0 radical (unpaired) electrons. The zero-order valence-electron chi connectivity index (χ0n) is 11.8. The molecule has 1 aromatic carbocycles. The zero-order chi connectivity index (χ0) is 15.4. The van der Waals surface area contributed by atoms with Gasteiger partial charge in [0.05, 0.1) is 5.69 Å². The molecule has 0 saturated heterocycles. The molecule has 2 heterocycles. The highest BCUT2D eigenvalue weighted by molar-refractivity contribution is 7.98. The Morgan fingerprint density at radius 2 is 2.14 bits per heavy atom. The van der Waals surface area contributed by atoms with Gasteiger partial charge >= 0.3 is 0 Å². The van der Waals surface area contributed by atoms with E-state index in [4.69, 9.17) is 16.3 Å². The maximum absolute atomic E-state index is 5.84. The van der Waals surface area contributed by atoms with Crippen molar-refractivity contribution in [3.05, 3.63) is 51.7 Å². The summed E-state index contributed by atoms with van der Waals surface area (Å²) in [4.78, 5) is 4.56. The van der Waals surface area contributed by atoms with E-state index < -0.39 is 0 Å². The second-order valence-corrected chi connectivity index (χ2v) is 6.81. The number of nitrogens with zero attached hydrogens (tertiary/aromatic N) is 4. The number of thiazole rings is 1. The molecule has 0 bridgehead atoms. The minimum absolute atomic E-state index is 0.459. The summed E-state index contributed by atoms with van der Waals surface area (Å²) in [7, 11) is 1.93. The summed E-state index contributed by atoms with van der Waals surface area (Å²) in [6.07, 6.45) is 1.69. The summed E-state index contributed by atoms with van der Waals surface area (Å²) in [6.45, 7) is 0.459. The lowest BCUT2D eigenvalue weighted by molar-refractivity contribution is 0.305. The minimum Gasteiger partial charge on any atom is -0.486 e. The van der Waals surface area contributed by atoms with Crippen molar-refractivity contribution in [2.45, 2.75) is 17.5 Å². The van der Waals surface area contributed by atoms with Crippen molar-refractivity contribution in [3.8, 4) is 5.75 Å². The molecular weight excluding hydrogens is 340 g/mol. The van der Waals surface area contributed by atoms with E-state index in [-0.39, 0.29) is 0 Å². The highest BCUT2D eigenvalue weighted by Crippen LogP contribution is 2.22. The van der Waals surface area contributed by atoms with E-state index in [1.165, 1.54) is 0 Å². The van der Waals surface area contributed by atoms with Crippen LogP contribution in [-0.4, -0.2) is 19.7 Å². The molecule has 0 fully saturated rings. The summed E-state index contributed by atoms with van der Waals surface area (Å²) in [5.41, 5.74) is 1.02. The molecule has 22 heavy (non-hydrogen) atoms. The number of aromatic nitrogens is 4. The smallest absolute Gasteiger partial charge is 0.191 e. The molecule has 0 unspecified atom stereocenters. The van der Waals surface area contributed by atoms with E-state index in [1.54, 1.807) is 29.4 Å². The van der Waals surface area contributed by atoms with E-state index in [0.717, 1.165) is 27.4 Å². The number of aryl methyl sites for hydroxylation is 1. The third kappa shape index (κ3) is 4.00. The molecule has 0 atom stereocenters. The van der Waals surface area contributed by atoms with Crippen LogP contribution >= 0.6 is 34.7 Å². The topological polar surface area (TPSA) is 52.8 Å². The Morgan fingerprint density at radius 1 is 1.32 bits per heavy atom. The van der Waals surface area contributed by atoms with Gasteiger partial charge in [-0.1, -0.05) is 23.4 Å². The van der Waals surface area contributed by atoms with Crippen LogP contribution in [0.25, 0.3) is 0 Å². The minimum atomic E-state index is 0.459. The molecule has 5 nitrogen and oxygen atoms in total.